The predicted octanol–water partition coefficient (Wildman–Crippen LogP) is 0.887. The lowest BCUT2D eigenvalue weighted by atomic mass is 10.0. The maximum Gasteiger partial charge on any atom is 0.101 e. The standard InChI is InChI=1S/C11H16N2O/c1-13-9-5-3-2-4-8(9)11(14)10(13)6-7-12/h2-5,10-11,14H,6-7,12H2,1H3. The van der Waals surface area contributed by atoms with Gasteiger partial charge in [0.15, 0.2) is 0 Å². The minimum Gasteiger partial charge on any atom is -0.386 e. The van der Waals surface area contributed by atoms with Gasteiger partial charge in [-0.05, 0) is 19.0 Å². The highest BCUT2D eigenvalue weighted by Crippen LogP contribution is 2.38. The Hall–Kier alpha value is -1.06. The summed E-state index contributed by atoms with van der Waals surface area (Å²) >= 11 is 0. The first-order chi connectivity index (χ1) is 6.75. The number of hydrogen-bond donors (Lipinski definition) is 2. The predicted molar refractivity (Wildman–Crippen MR) is 57.3 cm³/mol. The summed E-state index contributed by atoms with van der Waals surface area (Å²) in [6.07, 6.45) is 0.437. The molecule has 0 bridgehead atoms. The summed E-state index contributed by atoms with van der Waals surface area (Å²) in [5, 5.41) is 10.0. The normalized spacial score (nSPS) is 25.2. The van der Waals surface area contributed by atoms with Crippen molar-refractivity contribution >= 4 is 5.69 Å². The van der Waals surface area contributed by atoms with Crippen molar-refractivity contribution < 1.29 is 5.11 Å². The molecule has 2 unspecified atom stereocenters. The Kier molecular flexibility index (Phi) is 2.44. The van der Waals surface area contributed by atoms with Gasteiger partial charge < -0.3 is 15.7 Å². The van der Waals surface area contributed by atoms with Crippen molar-refractivity contribution in [1.82, 2.24) is 0 Å². The maximum atomic E-state index is 10.0. The fourth-order valence-electron chi connectivity index (χ4n) is 2.18. The molecule has 1 aliphatic rings. The van der Waals surface area contributed by atoms with E-state index in [1.807, 2.05) is 31.3 Å². The lowest BCUT2D eigenvalue weighted by Gasteiger charge is -2.23. The molecule has 14 heavy (non-hydrogen) atoms. The summed E-state index contributed by atoms with van der Waals surface area (Å²) in [7, 11) is 2.01. The van der Waals surface area contributed by atoms with E-state index in [1.54, 1.807) is 0 Å². The van der Waals surface area contributed by atoms with E-state index in [1.165, 1.54) is 0 Å². The Morgan fingerprint density at radius 1 is 1.43 bits per heavy atom. The van der Waals surface area contributed by atoms with E-state index in [9.17, 15) is 5.11 Å². The van der Waals surface area contributed by atoms with Crippen LogP contribution in [-0.2, 0) is 0 Å². The zero-order chi connectivity index (χ0) is 10.1. The molecule has 1 aromatic rings. The number of hydrogen-bond acceptors (Lipinski definition) is 3. The average molecular weight is 192 g/mol. The van der Waals surface area contributed by atoms with Gasteiger partial charge in [-0.2, -0.15) is 0 Å². The van der Waals surface area contributed by atoms with E-state index in [-0.39, 0.29) is 12.1 Å². The highest BCUT2D eigenvalue weighted by atomic mass is 16.3. The molecule has 2 atom stereocenters. The number of para-hydroxylation sites is 1. The molecule has 0 spiro atoms. The van der Waals surface area contributed by atoms with E-state index in [0.717, 1.165) is 17.7 Å². The van der Waals surface area contributed by atoms with Gasteiger partial charge in [0, 0.05) is 18.3 Å². The van der Waals surface area contributed by atoms with E-state index >= 15 is 0 Å². The van der Waals surface area contributed by atoms with Gasteiger partial charge in [-0.25, -0.2) is 0 Å². The van der Waals surface area contributed by atoms with Gasteiger partial charge in [-0.3, -0.25) is 0 Å². The van der Waals surface area contributed by atoms with Gasteiger partial charge in [0.2, 0.25) is 0 Å². The van der Waals surface area contributed by atoms with Crippen molar-refractivity contribution in [2.75, 3.05) is 18.5 Å². The first kappa shape index (κ1) is 9.49. The maximum absolute atomic E-state index is 10.0. The second-order valence-corrected chi connectivity index (χ2v) is 3.76. The summed E-state index contributed by atoms with van der Waals surface area (Å²) in [5.74, 6) is 0. The zero-order valence-electron chi connectivity index (χ0n) is 8.35. The number of nitrogens with zero attached hydrogens (tertiary/aromatic N) is 1. The van der Waals surface area contributed by atoms with Gasteiger partial charge >= 0.3 is 0 Å². The summed E-state index contributed by atoms with van der Waals surface area (Å²) in [6.45, 7) is 0.611. The number of nitrogens with two attached hydrogens (primary N) is 1. The van der Waals surface area contributed by atoms with Crippen LogP contribution in [0.1, 0.15) is 18.1 Å². The van der Waals surface area contributed by atoms with Crippen LogP contribution in [0.4, 0.5) is 5.69 Å². The number of anilines is 1. The molecule has 0 radical (unpaired) electrons. The molecule has 3 heteroatoms. The molecular formula is C11H16N2O. The molecule has 0 aromatic heterocycles. The Morgan fingerprint density at radius 2 is 2.14 bits per heavy atom. The first-order valence-corrected chi connectivity index (χ1v) is 4.95. The monoisotopic (exact) mass is 192 g/mol. The molecule has 2 rings (SSSR count). The molecular weight excluding hydrogens is 176 g/mol. The Morgan fingerprint density at radius 3 is 2.79 bits per heavy atom. The van der Waals surface area contributed by atoms with Crippen LogP contribution in [0, 0.1) is 0 Å². The largest absolute Gasteiger partial charge is 0.386 e. The fourth-order valence-corrected chi connectivity index (χ4v) is 2.18. The highest BCUT2D eigenvalue weighted by molar-refractivity contribution is 5.60. The number of benzene rings is 1. The molecule has 0 saturated carbocycles. The SMILES string of the molecule is CN1c2ccccc2C(O)C1CCN. The fraction of sp³-hybridized carbons (Fsp3) is 0.455. The topological polar surface area (TPSA) is 49.5 Å². The van der Waals surface area contributed by atoms with Crippen molar-refractivity contribution in [3.8, 4) is 0 Å². The Labute approximate surface area is 84.1 Å². The molecule has 0 aliphatic carbocycles. The van der Waals surface area contributed by atoms with Crippen LogP contribution in [0.5, 0.6) is 0 Å². The van der Waals surface area contributed by atoms with Crippen molar-refractivity contribution in [3.05, 3.63) is 29.8 Å². The van der Waals surface area contributed by atoms with Gasteiger partial charge in [-0.15, -0.1) is 0 Å². The van der Waals surface area contributed by atoms with Gasteiger partial charge in [0.25, 0.3) is 0 Å². The minimum absolute atomic E-state index is 0.136. The number of aliphatic hydroxyl groups excluding tert-OH is 1. The Balaban J connectivity index is 2.33. The van der Waals surface area contributed by atoms with Crippen LogP contribution in [0.3, 0.4) is 0 Å². The van der Waals surface area contributed by atoms with Gasteiger partial charge in [-0.1, -0.05) is 18.2 Å². The van der Waals surface area contributed by atoms with E-state index in [0.29, 0.717) is 6.54 Å². The second-order valence-electron chi connectivity index (χ2n) is 3.76. The molecule has 76 valence electrons. The molecule has 1 heterocycles. The van der Waals surface area contributed by atoms with Crippen LogP contribution in [0.15, 0.2) is 24.3 Å². The number of likely N-dealkylation sites (N-methyl/N-ethyl adjacent to an activating group) is 1. The minimum atomic E-state index is -0.389. The first-order valence-electron chi connectivity index (χ1n) is 4.95. The van der Waals surface area contributed by atoms with Crippen LogP contribution in [-0.4, -0.2) is 24.7 Å². The summed E-state index contributed by atoms with van der Waals surface area (Å²) in [6, 6.07) is 8.10. The van der Waals surface area contributed by atoms with Crippen LogP contribution < -0.4 is 10.6 Å². The molecule has 3 nitrogen and oxygen atoms in total. The molecule has 0 fully saturated rings. The lowest BCUT2D eigenvalue weighted by molar-refractivity contribution is 0.153. The van der Waals surface area contributed by atoms with Crippen molar-refractivity contribution in [2.45, 2.75) is 18.6 Å². The number of rotatable bonds is 2. The third kappa shape index (κ3) is 1.29. The van der Waals surface area contributed by atoms with Crippen molar-refractivity contribution in [1.29, 1.82) is 0 Å². The van der Waals surface area contributed by atoms with Crippen LogP contribution in [0.25, 0.3) is 0 Å². The molecule has 1 aliphatic heterocycles. The highest BCUT2D eigenvalue weighted by Gasteiger charge is 2.33. The summed E-state index contributed by atoms with van der Waals surface area (Å²) < 4.78 is 0. The van der Waals surface area contributed by atoms with Crippen molar-refractivity contribution in [3.63, 3.8) is 0 Å². The van der Waals surface area contributed by atoms with Gasteiger partial charge in [0.1, 0.15) is 6.10 Å². The second kappa shape index (κ2) is 3.59. The summed E-state index contributed by atoms with van der Waals surface area (Å²) in [5.41, 5.74) is 7.68. The lowest BCUT2D eigenvalue weighted by Crippen LogP contribution is -2.32. The van der Waals surface area contributed by atoms with Crippen molar-refractivity contribution in [2.24, 2.45) is 5.73 Å². The van der Waals surface area contributed by atoms with E-state index < -0.39 is 0 Å². The molecule has 0 saturated heterocycles. The molecule has 1 aromatic carbocycles. The van der Waals surface area contributed by atoms with Crippen LogP contribution >= 0.6 is 0 Å². The molecule has 0 amide bonds. The quantitative estimate of drug-likeness (QED) is 0.731. The average Bonchev–Trinajstić information content (AvgIpc) is 2.45. The number of fused-ring (bicyclic) bond motifs is 1. The summed E-state index contributed by atoms with van der Waals surface area (Å²) in [4.78, 5) is 2.12. The number of aliphatic hydroxyl groups is 1. The Bertz CT molecular complexity index is 298. The van der Waals surface area contributed by atoms with Gasteiger partial charge in [0.05, 0.1) is 6.04 Å². The third-order valence-electron chi connectivity index (χ3n) is 2.96. The smallest absolute Gasteiger partial charge is 0.101 e. The molecule has 3 N–H and O–H groups in total. The van der Waals surface area contributed by atoms with E-state index in [4.69, 9.17) is 5.73 Å². The van der Waals surface area contributed by atoms with E-state index in [2.05, 4.69) is 4.90 Å². The third-order valence-corrected chi connectivity index (χ3v) is 2.96. The van der Waals surface area contributed by atoms with Crippen LogP contribution in [0.2, 0.25) is 0 Å². The zero-order valence-corrected chi connectivity index (χ0v) is 8.35.